The highest BCUT2D eigenvalue weighted by Crippen LogP contribution is 2.26. The zero-order valence-electron chi connectivity index (χ0n) is 14.0. The molecule has 0 fully saturated rings. The summed E-state index contributed by atoms with van der Waals surface area (Å²) in [7, 11) is 0. The molecule has 0 saturated heterocycles. The number of carbonyl (C=O) groups excluding carboxylic acids is 1. The first kappa shape index (κ1) is 17.7. The van der Waals surface area contributed by atoms with Gasteiger partial charge in [-0.3, -0.25) is 4.79 Å². The van der Waals surface area contributed by atoms with Gasteiger partial charge in [-0.15, -0.1) is 0 Å². The van der Waals surface area contributed by atoms with Crippen molar-refractivity contribution in [2.75, 3.05) is 0 Å². The molecule has 0 radical (unpaired) electrons. The second-order valence-electron chi connectivity index (χ2n) is 7.00. The molecule has 0 aliphatic carbocycles. The van der Waals surface area contributed by atoms with Gasteiger partial charge in [0.15, 0.2) is 0 Å². The molecule has 23 heavy (non-hydrogen) atoms. The van der Waals surface area contributed by atoms with E-state index in [0.717, 1.165) is 16.7 Å². The largest absolute Gasteiger partial charge is 0.299 e. The molecular formula is C20H22ClFO. The van der Waals surface area contributed by atoms with Gasteiger partial charge in [0, 0.05) is 28.8 Å². The van der Waals surface area contributed by atoms with E-state index in [1.165, 1.54) is 6.07 Å². The van der Waals surface area contributed by atoms with Crippen LogP contribution in [0.1, 0.15) is 43.0 Å². The van der Waals surface area contributed by atoms with E-state index in [9.17, 15) is 9.18 Å². The van der Waals surface area contributed by atoms with Crippen LogP contribution in [0.4, 0.5) is 4.39 Å². The van der Waals surface area contributed by atoms with Crippen molar-refractivity contribution in [3.63, 3.8) is 0 Å². The third-order valence-electron chi connectivity index (χ3n) is 3.98. The summed E-state index contributed by atoms with van der Waals surface area (Å²) in [6.07, 6.45) is 0.741. The minimum atomic E-state index is -0.392. The molecular weight excluding hydrogens is 311 g/mol. The lowest BCUT2D eigenvalue weighted by atomic mass is 9.85. The van der Waals surface area contributed by atoms with Gasteiger partial charge in [0.1, 0.15) is 11.6 Å². The number of rotatable bonds is 4. The Bertz CT molecular complexity index is 709. The summed E-state index contributed by atoms with van der Waals surface area (Å²) in [4.78, 5) is 12.4. The summed E-state index contributed by atoms with van der Waals surface area (Å²) >= 11 is 6.13. The quantitative estimate of drug-likeness (QED) is 0.718. The van der Waals surface area contributed by atoms with Crippen LogP contribution in [-0.4, -0.2) is 5.78 Å². The SMILES string of the molecule is Cc1ccc(Cc2c(F)cccc2Cl)c(CC(=O)C(C)(C)C)c1. The molecule has 0 N–H and O–H groups in total. The van der Waals surface area contributed by atoms with Gasteiger partial charge in [-0.1, -0.05) is 62.2 Å². The summed E-state index contributed by atoms with van der Waals surface area (Å²) in [6.45, 7) is 7.74. The third-order valence-corrected chi connectivity index (χ3v) is 4.33. The van der Waals surface area contributed by atoms with E-state index >= 15 is 0 Å². The Morgan fingerprint density at radius 2 is 1.83 bits per heavy atom. The fourth-order valence-electron chi connectivity index (χ4n) is 2.42. The van der Waals surface area contributed by atoms with Gasteiger partial charge in [0.25, 0.3) is 0 Å². The molecule has 2 aromatic carbocycles. The van der Waals surface area contributed by atoms with E-state index in [0.29, 0.717) is 23.4 Å². The summed E-state index contributed by atoms with van der Waals surface area (Å²) in [5.74, 6) is -0.143. The molecule has 0 saturated carbocycles. The Morgan fingerprint density at radius 1 is 1.13 bits per heavy atom. The lowest BCUT2D eigenvalue weighted by Crippen LogP contribution is -2.22. The van der Waals surface area contributed by atoms with Crippen molar-refractivity contribution >= 4 is 17.4 Å². The van der Waals surface area contributed by atoms with Gasteiger partial charge in [0.2, 0.25) is 0 Å². The minimum Gasteiger partial charge on any atom is -0.299 e. The Kier molecular flexibility index (Phi) is 5.26. The molecule has 0 atom stereocenters. The average Bonchev–Trinajstić information content (AvgIpc) is 2.44. The van der Waals surface area contributed by atoms with Crippen molar-refractivity contribution in [2.45, 2.75) is 40.5 Å². The lowest BCUT2D eigenvalue weighted by molar-refractivity contribution is -0.125. The van der Waals surface area contributed by atoms with E-state index in [4.69, 9.17) is 11.6 Å². The molecule has 0 aromatic heterocycles. The van der Waals surface area contributed by atoms with Gasteiger partial charge in [-0.05, 0) is 30.2 Å². The van der Waals surface area contributed by atoms with Crippen molar-refractivity contribution in [3.8, 4) is 0 Å². The molecule has 2 aromatic rings. The predicted octanol–water partition coefficient (Wildman–Crippen LogP) is 5.54. The molecule has 0 aliphatic heterocycles. The summed E-state index contributed by atoms with van der Waals surface area (Å²) in [6, 6.07) is 10.6. The van der Waals surface area contributed by atoms with Gasteiger partial charge in [0.05, 0.1) is 0 Å². The van der Waals surface area contributed by atoms with Crippen molar-refractivity contribution in [2.24, 2.45) is 5.41 Å². The number of Topliss-reactive ketones (excluding diaryl/α,β-unsaturated/α-hetero) is 1. The van der Waals surface area contributed by atoms with Crippen LogP contribution in [0.15, 0.2) is 36.4 Å². The molecule has 0 aliphatic rings. The first-order valence-corrected chi connectivity index (χ1v) is 8.11. The van der Waals surface area contributed by atoms with Crippen LogP contribution in [0.3, 0.4) is 0 Å². The minimum absolute atomic E-state index is 0.170. The topological polar surface area (TPSA) is 17.1 Å². The average molecular weight is 333 g/mol. The monoisotopic (exact) mass is 332 g/mol. The molecule has 1 nitrogen and oxygen atoms in total. The van der Waals surface area contributed by atoms with E-state index in [1.54, 1.807) is 12.1 Å². The van der Waals surface area contributed by atoms with Crippen LogP contribution in [-0.2, 0) is 17.6 Å². The van der Waals surface area contributed by atoms with E-state index in [1.807, 2.05) is 45.9 Å². The number of ketones is 1. The van der Waals surface area contributed by atoms with Crippen molar-refractivity contribution in [1.29, 1.82) is 0 Å². The number of carbonyl (C=O) groups is 1. The third kappa shape index (κ3) is 4.42. The highest BCUT2D eigenvalue weighted by Gasteiger charge is 2.22. The number of benzene rings is 2. The molecule has 0 unspecified atom stereocenters. The first-order valence-electron chi connectivity index (χ1n) is 7.73. The van der Waals surface area contributed by atoms with Crippen LogP contribution < -0.4 is 0 Å². The maximum absolute atomic E-state index is 14.0. The maximum atomic E-state index is 14.0. The second-order valence-corrected chi connectivity index (χ2v) is 7.41. The standard InChI is InChI=1S/C20H22ClFO/c1-13-8-9-14(11-16-17(21)6-5-7-18(16)22)15(10-13)12-19(23)20(2,3)4/h5-10H,11-12H2,1-4H3. The van der Waals surface area contributed by atoms with Crippen molar-refractivity contribution in [3.05, 3.63) is 69.5 Å². The molecule has 122 valence electrons. The molecule has 0 amide bonds. The maximum Gasteiger partial charge on any atom is 0.142 e. The number of aryl methyl sites for hydroxylation is 1. The Labute approximate surface area is 142 Å². The zero-order valence-corrected chi connectivity index (χ0v) is 14.8. The molecule has 2 rings (SSSR count). The lowest BCUT2D eigenvalue weighted by Gasteiger charge is -2.18. The van der Waals surface area contributed by atoms with Crippen LogP contribution in [0.5, 0.6) is 0 Å². The summed E-state index contributed by atoms with van der Waals surface area (Å²) in [5.41, 5.74) is 3.06. The molecule has 0 spiro atoms. The first-order chi connectivity index (χ1) is 10.7. The zero-order chi connectivity index (χ0) is 17.2. The van der Waals surface area contributed by atoms with Gasteiger partial charge >= 0.3 is 0 Å². The fraction of sp³-hybridized carbons (Fsp3) is 0.350. The molecule has 3 heteroatoms. The normalized spacial score (nSPS) is 11.6. The fourth-order valence-corrected chi connectivity index (χ4v) is 2.65. The predicted molar refractivity (Wildman–Crippen MR) is 93.6 cm³/mol. The van der Waals surface area contributed by atoms with Crippen molar-refractivity contribution in [1.82, 2.24) is 0 Å². The summed E-state index contributed by atoms with van der Waals surface area (Å²) in [5, 5.41) is 0.415. The smallest absolute Gasteiger partial charge is 0.142 e. The Balaban J connectivity index is 2.38. The van der Waals surface area contributed by atoms with Crippen molar-refractivity contribution < 1.29 is 9.18 Å². The van der Waals surface area contributed by atoms with E-state index in [-0.39, 0.29) is 11.6 Å². The Morgan fingerprint density at radius 3 is 2.43 bits per heavy atom. The molecule has 0 heterocycles. The molecule has 0 bridgehead atoms. The van der Waals surface area contributed by atoms with E-state index in [2.05, 4.69) is 0 Å². The van der Waals surface area contributed by atoms with Gasteiger partial charge < -0.3 is 0 Å². The van der Waals surface area contributed by atoms with Gasteiger partial charge in [-0.2, -0.15) is 0 Å². The van der Waals surface area contributed by atoms with Gasteiger partial charge in [-0.25, -0.2) is 4.39 Å². The highest BCUT2D eigenvalue weighted by atomic mass is 35.5. The Hall–Kier alpha value is -1.67. The number of hydrogen-bond donors (Lipinski definition) is 0. The van der Waals surface area contributed by atoms with E-state index < -0.39 is 5.41 Å². The van der Waals surface area contributed by atoms with Crippen LogP contribution in [0, 0.1) is 18.2 Å². The van der Waals surface area contributed by atoms with Crippen LogP contribution in [0.2, 0.25) is 5.02 Å². The van der Waals surface area contributed by atoms with Crippen LogP contribution in [0.25, 0.3) is 0 Å². The number of halogens is 2. The highest BCUT2D eigenvalue weighted by molar-refractivity contribution is 6.31. The van der Waals surface area contributed by atoms with Crippen LogP contribution >= 0.6 is 11.6 Å². The summed E-state index contributed by atoms with van der Waals surface area (Å²) < 4.78 is 14.0. The second kappa shape index (κ2) is 6.84. The number of hydrogen-bond acceptors (Lipinski definition) is 1.